The average Bonchev–Trinajstić information content (AvgIpc) is 2.29. The number of nitrogens with zero attached hydrogens (tertiary/aromatic N) is 5. The molecule has 0 radical (unpaired) electrons. The van der Waals surface area contributed by atoms with E-state index in [1.54, 1.807) is 86.6 Å². The number of rotatable bonds is 22. The summed E-state index contributed by atoms with van der Waals surface area (Å²) in [6.45, 7) is 10.0. The van der Waals surface area contributed by atoms with Gasteiger partial charge in [-0.25, -0.2) is 0 Å². The Balaban J connectivity index is 0.000000192. The van der Waals surface area contributed by atoms with E-state index in [2.05, 4.69) is 27.3 Å². The minimum atomic E-state index is -0.903. The van der Waals surface area contributed by atoms with Crippen molar-refractivity contribution < 1.29 is 43.3 Å². The summed E-state index contributed by atoms with van der Waals surface area (Å²) in [5, 5.41) is 34.5. The molecule has 0 atom stereocenters. The Morgan fingerprint density at radius 1 is 0.522 bits per heavy atom. The van der Waals surface area contributed by atoms with E-state index in [9.17, 15) is 39.3 Å². The molecular weight excluding hydrogens is 1210 g/mol. The number of nitriles is 2. The van der Waals surface area contributed by atoms with Crippen molar-refractivity contribution in [3.8, 4) is 63.0 Å². The van der Waals surface area contributed by atoms with Crippen LogP contribution in [-0.4, -0.2) is 68.7 Å². The molecule has 0 aliphatic rings. The number of nitrogen functional groups attached to an aromatic ring is 1. The van der Waals surface area contributed by atoms with Crippen molar-refractivity contribution in [2.45, 2.75) is 73.1 Å². The summed E-state index contributed by atoms with van der Waals surface area (Å²) in [6, 6.07) is 47.8. The zero-order valence-electron chi connectivity index (χ0n) is 49.9. The predicted molar refractivity (Wildman–Crippen MR) is 350 cm³/mol. The van der Waals surface area contributed by atoms with Crippen molar-refractivity contribution in [3.63, 3.8) is 0 Å². The number of hydrogen-bond donors (Lipinski definition) is 5. The number of aliphatic carboxylic acids is 1. The maximum atomic E-state index is 11.9. The summed E-state index contributed by atoms with van der Waals surface area (Å²) in [6.07, 6.45) is 2.96. The van der Waals surface area contributed by atoms with E-state index in [0.717, 1.165) is 79.0 Å². The number of carboxylic acids is 1. The monoisotopic (exact) mass is 1270 g/mol. The van der Waals surface area contributed by atoms with Crippen molar-refractivity contribution in [2.75, 3.05) is 29.6 Å². The van der Waals surface area contributed by atoms with Crippen molar-refractivity contribution >= 4 is 88.5 Å². The standard InChI is InChI=1S/C24H22ClN3O3.C23H22ClN3O2.C22H20ClN3O4/c1-3-31-24(30)11-7-19-6-10-23(20-8-5-18(25)13-21(20)27-15-29)28(19)22-9-4-17(14-26)12-16(22)2;1-3-29-23(28)11-7-18-6-10-22(19-8-5-17(24)13-20(19)26)27(18)21-9-4-16(14-25)12-15(21)2;1-13-10-14(22(24)30)2-7-19(13)26-16(5-9-21(28)29)4-8-20(26)17-6-3-15(23)11-18(17)25-12-27/h4-6,8-10,12-13,15H,3,7,11H2,1-2H3,(H,27,29);4-6,8-10,12-13H,3,7,11,26H2,1-2H3;2-4,6-8,10-12H,5,9H2,1H3,(H2,24,30)(H,25,27)(H,28,29). The third-order valence-electron chi connectivity index (χ3n) is 14.4. The number of aryl methyl sites for hydroxylation is 6. The molecule has 18 nitrogen and oxygen atoms in total. The van der Waals surface area contributed by atoms with Gasteiger partial charge in [-0.3, -0.25) is 28.8 Å². The Morgan fingerprint density at radius 2 is 0.900 bits per heavy atom. The van der Waals surface area contributed by atoms with E-state index >= 15 is 0 Å². The van der Waals surface area contributed by atoms with E-state index < -0.39 is 11.9 Å². The molecule has 3 amide bonds. The maximum absolute atomic E-state index is 11.9. The molecule has 90 heavy (non-hydrogen) atoms. The van der Waals surface area contributed by atoms with Gasteiger partial charge >= 0.3 is 17.9 Å². The Labute approximate surface area is 535 Å². The number of carbonyl (C=O) groups excluding carboxylic acids is 5. The molecule has 21 heteroatoms. The van der Waals surface area contributed by atoms with Gasteiger partial charge in [-0.1, -0.05) is 34.8 Å². The number of ether oxygens (including phenoxy) is 2. The van der Waals surface area contributed by atoms with E-state index in [1.807, 2.05) is 103 Å². The van der Waals surface area contributed by atoms with E-state index in [0.29, 0.717) is 99.7 Å². The van der Waals surface area contributed by atoms with Crippen LogP contribution in [0.4, 0.5) is 17.1 Å². The summed E-state index contributed by atoms with van der Waals surface area (Å²) in [4.78, 5) is 68.7. The van der Waals surface area contributed by atoms with Crippen LogP contribution in [0.2, 0.25) is 15.1 Å². The number of carboxylic acid groups (broad SMARTS) is 1. The number of nitrogens with one attached hydrogen (secondary N) is 2. The number of benzene rings is 6. The number of hydrogen-bond acceptors (Lipinski definition) is 11. The van der Waals surface area contributed by atoms with Crippen LogP contribution in [-0.2, 0) is 52.7 Å². The number of carbonyl (C=O) groups is 6. The lowest BCUT2D eigenvalue weighted by Crippen LogP contribution is -2.12. The zero-order valence-corrected chi connectivity index (χ0v) is 52.2. The van der Waals surface area contributed by atoms with Gasteiger partial charge in [0, 0.05) is 77.2 Å². The maximum Gasteiger partial charge on any atom is 0.306 e. The Bertz CT molecular complexity index is 4250. The van der Waals surface area contributed by atoms with Gasteiger partial charge in [0.1, 0.15) is 0 Å². The first-order chi connectivity index (χ1) is 43.2. The lowest BCUT2D eigenvalue weighted by atomic mass is 10.1. The van der Waals surface area contributed by atoms with Crippen LogP contribution in [0, 0.1) is 43.4 Å². The second-order valence-corrected chi connectivity index (χ2v) is 21.7. The molecule has 0 fully saturated rings. The summed E-state index contributed by atoms with van der Waals surface area (Å²) in [5.74, 6) is -1.92. The molecular formula is C69H64Cl3N9O9. The Hall–Kier alpha value is -10.4. The fourth-order valence-electron chi connectivity index (χ4n) is 10.3. The smallest absolute Gasteiger partial charge is 0.306 e. The normalized spacial score (nSPS) is 10.5. The van der Waals surface area contributed by atoms with Crippen LogP contribution < -0.4 is 22.1 Å². The van der Waals surface area contributed by atoms with Crippen molar-refractivity contribution in [3.05, 3.63) is 211 Å². The quantitative estimate of drug-likeness (QED) is 0.0241. The van der Waals surface area contributed by atoms with Crippen molar-refractivity contribution in [1.29, 1.82) is 10.5 Å². The first-order valence-corrected chi connectivity index (χ1v) is 29.5. The second kappa shape index (κ2) is 31.5. The van der Waals surface area contributed by atoms with Crippen molar-refractivity contribution in [2.24, 2.45) is 5.73 Å². The molecule has 0 aliphatic carbocycles. The molecule has 3 heterocycles. The summed E-state index contributed by atoms with van der Waals surface area (Å²) in [7, 11) is 0. The predicted octanol–water partition coefficient (Wildman–Crippen LogP) is 13.9. The highest BCUT2D eigenvalue weighted by Crippen LogP contribution is 2.38. The van der Waals surface area contributed by atoms with Crippen LogP contribution >= 0.6 is 34.8 Å². The number of nitrogens with two attached hydrogens (primary N) is 2. The summed E-state index contributed by atoms with van der Waals surface area (Å²) < 4.78 is 16.2. The van der Waals surface area contributed by atoms with Gasteiger partial charge in [-0.15, -0.1) is 0 Å². The highest BCUT2D eigenvalue weighted by atomic mass is 35.5. The molecule has 9 aromatic rings. The molecule has 0 spiro atoms. The molecule has 7 N–H and O–H groups in total. The van der Waals surface area contributed by atoms with Gasteiger partial charge < -0.3 is 50.4 Å². The molecule has 6 aromatic carbocycles. The number of aromatic nitrogens is 3. The van der Waals surface area contributed by atoms with Gasteiger partial charge in [0.15, 0.2) is 0 Å². The second-order valence-electron chi connectivity index (χ2n) is 20.4. The average molecular weight is 1270 g/mol. The molecule has 9 rings (SSSR count). The SMILES string of the molecule is CCOC(=O)CCc1ccc(-c2ccc(Cl)cc2N)n1-c1ccc(C#N)cc1C.CCOC(=O)CCc1ccc(-c2ccc(Cl)cc2NC=O)n1-c1ccc(C#N)cc1C.Cc1cc(C(N)=O)ccc1-n1c(CCC(=O)O)ccc1-c1ccc(Cl)cc1NC=O. The largest absolute Gasteiger partial charge is 0.481 e. The molecule has 3 aromatic heterocycles. The molecule has 0 bridgehead atoms. The lowest BCUT2D eigenvalue weighted by molar-refractivity contribution is -0.144. The highest BCUT2D eigenvalue weighted by Gasteiger charge is 2.22. The molecule has 0 unspecified atom stereocenters. The number of esters is 2. The minimum Gasteiger partial charge on any atom is -0.481 e. The number of amides is 3. The van der Waals surface area contributed by atoms with E-state index in [4.69, 9.17) is 60.9 Å². The van der Waals surface area contributed by atoms with Crippen LogP contribution in [0.1, 0.15) is 88.4 Å². The van der Waals surface area contributed by atoms with Crippen LogP contribution in [0.5, 0.6) is 0 Å². The first-order valence-electron chi connectivity index (χ1n) is 28.4. The summed E-state index contributed by atoms with van der Waals surface area (Å²) in [5.41, 5.74) is 27.5. The number of anilines is 3. The van der Waals surface area contributed by atoms with Crippen LogP contribution in [0.15, 0.2) is 146 Å². The van der Waals surface area contributed by atoms with Gasteiger partial charge in [0.05, 0.1) is 84.2 Å². The van der Waals surface area contributed by atoms with Crippen LogP contribution in [0.3, 0.4) is 0 Å². The minimum absolute atomic E-state index is 0.0397. The molecule has 0 aliphatic heterocycles. The Kier molecular flexibility index (Phi) is 23.5. The zero-order chi connectivity index (χ0) is 65.2. The van der Waals surface area contributed by atoms with Gasteiger partial charge in [0.25, 0.3) is 0 Å². The molecule has 0 saturated carbocycles. The third kappa shape index (κ3) is 16.6. The number of halogens is 3. The van der Waals surface area contributed by atoms with Gasteiger partial charge in [-0.05, 0) is 216 Å². The van der Waals surface area contributed by atoms with Crippen molar-refractivity contribution in [1.82, 2.24) is 13.7 Å². The van der Waals surface area contributed by atoms with E-state index in [-0.39, 0.29) is 31.2 Å². The fourth-order valence-corrected chi connectivity index (χ4v) is 10.8. The van der Waals surface area contributed by atoms with E-state index in [1.165, 1.54) is 0 Å². The molecule has 460 valence electrons. The topological polar surface area (TPSA) is 280 Å². The third-order valence-corrected chi connectivity index (χ3v) is 15.1. The molecule has 0 saturated heterocycles. The van der Waals surface area contributed by atoms with Gasteiger partial charge in [-0.2, -0.15) is 10.5 Å². The fraction of sp³-hybridized carbons (Fsp3) is 0.188. The number of primary amides is 1. The summed E-state index contributed by atoms with van der Waals surface area (Å²) >= 11 is 18.3. The first kappa shape index (κ1) is 67.1. The van der Waals surface area contributed by atoms with Crippen LogP contribution in [0.25, 0.3) is 50.8 Å². The van der Waals surface area contributed by atoms with Gasteiger partial charge in [0.2, 0.25) is 18.7 Å². The lowest BCUT2D eigenvalue weighted by Gasteiger charge is -2.18. The highest BCUT2D eigenvalue weighted by molar-refractivity contribution is 6.31. The Morgan fingerprint density at radius 3 is 1.26 bits per heavy atom.